The molecule has 3 aromatic heterocycles. The van der Waals surface area contributed by atoms with Crippen molar-refractivity contribution in [3.63, 3.8) is 0 Å². The predicted octanol–water partition coefficient (Wildman–Crippen LogP) is 2.50. The fourth-order valence-electron chi connectivity index (χ4n) is 4.40. The van der Waals surface area contributed by atoms with Gasteiger partial charge in [-0.1, -0.05) is 0 Å². The Morgan fingerprint density at radius 2 is 2.18 bits per heavy atom. The van der Waals surface area contributed by atoms with E-state index in [-0.39, 0.29) is 36.7 Å². The number of aryl methyl sites for hydroxylation is 1. The second-order valence-electron chi connectivity index (χ2n) is 7.35. The SMILES string of the molecule is Cc1cc2ncc3c(n2n1)C[C@@H]1CC[C@@H]3N1C(=O)CCC(=O)Nc1nccs1. The maximum Gasteiger partial charge on any atom is 0.226 e. The van der Waals surface area contributed by atoms with Gasteiger partial charge in [-0.15, -0.1) is 11.3 Å². The Morgan fingerprint density at radius 3 is 3.00 bits per heavy atom. The van der Waals surface area contributed by atoms with Gasteiger partial charge in [0, 0.05) is 54.7 Å². The van der Waals surface area contributed by atoms with E-state index in [2.05, 4.69) is 20.4 Å². The molecule has 1 N–H and O–H groups in total. The molecule has 144 valence electrons. The molecule has 2 aliphatic rings. The molecular formula is C19H20N6O2S. The van der Waals surface area contributed by atoms with Crippen molar-refractivity contribution < 1.29 is 9.59 Å². The van der Waals surface area contributed by atoms with Crippen LogP contribution in [0.2, 0.25) is 0 Å². The lowest BCUT2D eigenvalue weighted by Gasteiger charge is -2.36. The lowest BCUT2D eigenvalue weighted by molar-refractivity contribution is -0.136. The first kappa shape index (κ1) is 17.3. The maximum atomic E-state index is 12.9. The molecule has 0 radical (unpaired) electrons. The van der Waals surface area contributed by atoms with Gasteiger partial charge < -0.3 is 10.2 Å². The number of rotatable bonds is 4. The molecule has 28 heavy (non-hydrogen) atoms. The number of thiazole rings is 1. The normalized spacial score (nSPS) is 20.4. The highest BCUT2D eigenvalue weighted by atomic mass is 32.1. The van der Waals surface area contributed by atoms with E-state index < -0.39 is 0 Å². The average Bonchev–Trinajstić information content (AvgIpc) is 3.38. The first-order chi connectivity index (χ1) is 13.6. The Balaban J connectivity index is 1.32. The summed E-state index contributed by atoms with van der Waals surface area (Å²) in [6.07, 6.45) is 6.59. The van der Waals surface area contributed by atoms with Crippen molar-refractivity contribution in [1.29, 1.82) is 0 Å². The number of fused-ring (bicyclic) bond motifs is 6. The highest BCUT2D eigenvalue weighted by molar-refractivity contribution is 7.13. The van der Waals surface area contributed by atoms with Crippen LogP contribution in [0.15, 0.2) is 23.8 Å². The smallest absolute Gasteiger partial charge is 0.226 e. The zero-order valence-corrected chi connectivity index (χ0v) is 16.3. The number of nitrogens with zero attached hydrogens (tertiary/aromatic N) is 5. The van der Waals surface area contributed by atoms with E-state index in [4.69, 9.17) is 0 Å². The van der Waals surface area contributed by atoms with Crippen molar-refractivity contribution in [1.82, 2.24) is 24.5 Å². The average molecular weight is 396 g/mol. The predicted molar refractivity (Wildman–Crippen MR) is 104 cm³/mol. The Bertz CT molecular complexity index is 1060. The van der Waals surface area contributed by atoms with Crippen LogP contribution in [0.5, 0.6) is 0 Å². The highest BCUT2D eigenvalue weighted by Gasteiger charge is 2.43. The van der Waals surface area contributed by atoms with E-state index in [1.807, 2.05) is 28.6 Å². The molecule has 0 spiro atoms. The second kappa shape index (κ2) is 6.66. The molecule has 0 aromatic carbocycles. The van der Waals surface area contributed by atoms with Gasteiger partial charge in [-0.3, -0.25) is 9.59 Å². The number of aromatic nitrogens is 4. The summed E-state index contributed by atoms with van der Waals surface area (Å²) in [6.45, 7) is 1.96. The number of hydrogen-bond acceptors (Lipinski definition) is 6. The van der Waals surface area contributed by atoms with Crippen molar-refractivity contribution in [2.75, 3.05) is 5.32 Å². The lowest BCUT2D eigenvalue weighted by Crippen LogP contribution is -2.42. The van der Waals surface area contributed by atoms with Crippen molar-refractivity contribution in [3.05, 3.63) is 40.8 Å². The van der Waals surface area contributed by atoms with Crippen molar-refractivity contribution in [2.24, 2.45) is 0 Å². The largest absolute Gasteiger partial charge is 0.332 e. The van der Waals surface area contributed by atoms with E-state index in [0.717, 1.165) is 41.9 Å². The van der Waals surface area contributed by atoms with Gasteiger partial charge in [-0.05, 0) is 19.8 Å². The number of hydrogen-bond donors (Lipinski definition) is 1. The summed E-state index contributed by atoms with van der Waals surface area (Å²) in [5.41, 5.74) is 4.05. The lowest BCUT2D eigenvalue weighted by atomic mass is 9.98. The van der Waals surface area contributed by atoms with Crippen LogP contribution in [0, 0.1) is 6.92 Å². The minimum Gasteiger partial charge on any atom is -0.332 e. The molecule has 9 heteroatoms. The third kappa shape index (κ3) is 2.86. The Morgan fingerprint density at radius 1 is 1.29 bits per heavy atom. The molecule has 2 amide bonds. The van der Waals surface area contributed by atoms with E-state index in [9.17, 15) is 9.59 Å². The van der Waals surface area contributed by atoms with Crippen LogP contribution in [0.1, 0.15) is 48.7 Å². The molecule has 2 bridgehead atoms. The van der Waals surface area contributed by atoms with Crippen LogP contribution in [0.3, 0.4) is 0 Å². The number of nitrogens with one attached hydrogen (secondary N) is 1. The van der Waals surface area contributed by atoms with Crippen LogP contribution in [-0.4, -0.2) is 42.3 Å². The molecule has 1 fully saturated rings. The Kier molecular flexibility index (Phi) is 4.12. The summed E-state index contributed by atoms with van der Waals surface area (Å²) in [5.74, 6) is -0.146. The molecule has 2 aliphatic heterocycles. The molecule has 1 saturated heterocycles. The summed E-state index contributed by atoms with van der Waals surface area (Å²) in [6, 6.07) is 2.17. The fraction of sp³-hybridized carbons (Fsp3) is 0.421. The minimum atomic E-state index is -0.177. The van der Waals surface area contributed by atoms with Gasteiger partial charge in [0.2, 0.25) is 11.8 Å². The number of carbonyl (C=O) groups is 2. The molecular weight excluding hydrogens is 376 g/mol. The molecule has 2 atom stereocenters. The van der Waals surface area contributed by atoms with Gasteiger partial charge in [0.15, 0.2) is 10.8 Å². The molecule has 5 heterocycles. The summed E-state index contributed by atoms with van der Waals surface area (Å²) >= 11 is 1.37. The zero-order valence-electron chi connectivity index (χ0n) is 15.5. The third-order valence-electron chi connectivity index (χ3n) is 5.56. The summed E-state index contributed by atoms with van der Waals surface area (Å²) in [4.78, 5) is 35.6. The van der Waals surface area contributed by atoms with Crippen LogP contribution in [0.4, 0.5) is 5.13 Å². The fourth-order valence-corrected chi connectivity index (χ4v) is 4.94. The van der Waals surface area contributed by atoms with E-state index in [0.29, 0.717) is 5.13 Å². The Labute approximate surface area is 165 Å². The van der Waals surface area contributed by atoms with Gasteiger partial charge in [-0.2, -0.15) is 5.10 Å². The molecule has 3 aromatic rings. The van der Waals surface area contributed by atoms with Gasteiger partial charge in [-0.25, -0.2) is 14.5 Å². The molecule has 5 rings (SSSR count). The van der Waals surface area contributed by atoms with Crippen LogP contribution < -0.4 is 5.32 Å². The van der Waals surface area contributed by atoms with Gasteiger partial charge in [0.25, 0.3) is 0 Å². The maximum absolute atomic E-state index is 12.9. The molecule has 8 nitrogen and oxygen atoms in total. The zero-order chi connectivity index (χ0) is 19.3. The van der Waals surface area contributed by atoms with Gasteiger partial charge in [0.1, 0.15) is 0 Å². The topological polar surface area (TPSA) is 92.5 Å². The highest BCUT2D eigenvalue weighted by Crippen LogP contribution is 2.43. The van der Waals surface area contributed by atoms with E-state index >= 15 is 0 Å². The Hall–Kier alpha value is -2.81. The number of carbonyl (C=O) groups excluding carboxylic acids is 2. The summed E-state index contributed by atoms with van der Waals surface area (Å²) in [5, 5.41) is 9.68. The van der Waals surface area contributed by atoms with Gasteiger partial charge in [0.05, 0.1) is 17.4 Å². The first-order valence-corrected chi connectivity index (χ1v) is 10.3. The minimum absolute atomic E-state index is 0.0316. The molecule has 0 aliphatic carbocycles. The monoisotopic (exact) mass is 396 g/mol. The first-order valence-electron chi connectivity index (χ1n) is 9.45. The quantitative estimate of drug-likeness (QED) is 0.731. The second-order valence-corrected chi connectivity index (χ2v) is 8.25. The number of anilines is 1. The van der Waals surface area contributed by atoms with E-state index in [1.165, 1.54) is 11.3 Å². The van der Waals surface area contributed by atoms with Crippen LogP contribution in [-0.2, 0) is 16.0 Å². The van der Waals surface area contributed by atoms with Crippen molar-refractivity contribution in [2.45, 2.75) is 51.1 Å². The van der Waals surface area contributed by atoms with Crippen molar-refractivity contribution >= 4 is 33.9 Å². The standard InChI is InChI=1S/C19H20N6O2S/c1-11-8-16-21-10-13-14-3-2-12(9-15(13)25(16)23-11)24(14)18(27)5-4-17(26)22-19-20-6-7-28-19/h6-8,10,12,14H,2-5,9H2,1H3,(H,20,22,26)/t12-,14-/m0/s1. The summed E-state index contributed by atoms with van der Waals surface area (Å²) in [7, 11) is 0. The van der Waals surface area contributed by atoms with Crippen LogP contribution in [0.25, 0.3) is 5.65 Å². The number of amides is 2. The third-order valence-corrected chi connectivity index (χ3v) is 6.25. The molecule has 0 unspecified atom stereocenters. The molecule has 0 saturated carbocycles. The van der Waals surface area contributed by atoms with Crippen molar-refractivity contribution in [3.8, 4) is 0 Å². The van der Waals surface area contributed by atoms with Crippen LogP contribution >= 0.6 is 11.3 Å². The summed E-state index contributed by atoms with van der Waals surface area (Å²) < 4.78 is 1.93. The van der Waals surface area contributed by atoms with Gasteiger partial charge >= 0.3 is 0 Å². The van der Waals surface area contributed by atoms with E-state index in [1.54, 1.807) is 11.6 Å².